The van der Waals surface area contributed by atoms with Crippen LogP contribution in [-0.2, 0) is 11.8 Å². The number of nitrogens with zero attached hydrogens (tertiary/aromatic N) is 1. The molecule has 1 aromatic heterocycles. The molecule has 0 aliphatic carbocycles. The van der Waals surface area contributed by atoms with Crippen molar-refractivity contribution in [3.05, 3.63) is 89.6 Å². The van der Waals surface area contributed by atoms with Gasteiger partial charge >= 0.3 is 0 Å². The standard InChI is InChI=1S/C22H23N/c1-22(2,3)20-12-13-23-21(16-20)19-11-7-10-18(15-19)14-17-8-5-4-6-9-17/h4-13,15-16H,14H2,1-3H3/i1D3,2D3,3D3,13D,14D2. The number of rotatable bonds is 3. The molecule has 0 fully saturated rings. The van der Waals surface area contributed by atoms with Crippen molar-refractivity contribution in [2.45, 2.75) is 32.3 Å². The molecule has 0 bridgehead atoms. The first-order chi connectivity index (χ1) is 15.9. The van der Waals surface area contributed by atoms with Crippen LogP contribution in [0.3, 0.4) is 0 Å². The molecule has 0 aliphatic heterocycles. The van der Waals surface area contributed by atoms with E-state index < -0.39 is 44.1 Å². The Morgan fingerprint density at radius 3 is 2.52 bits per heavy atom. The Labute approximate surface area is 155 Å². The van der Waals surface area contributed by atoms with E-state index in [1.165, 1.54) is 12.1 Å². The van der Waals surface area contributed by atoms with E-state index in [1.807, 2.05) is 0 Å². The van der Waals surface area contributed by atoms with Gasteiger partial charge in [0.15, 0.2) is 0 Å². The molecule has 0 radical (unpaired) electrons. The lowest BCUT2D eigenvalue weighted by Gasteiger charge is -2.19. The van der Waals surface area contributed by atoms with E-state index in [0.717, 1.165) is 12.1 Å². The van der Waals surface area contributed by atoms with Gasteiger partial charge in [-0.05, 0) is 46.7 Å². The smallest absolute Gasteiger partial charge is 0.0840 e. The minimum Gasteiger partial charge on any atom is -0.256 e. The highest BCUT2D eigenvalue weighted by Crippen LogP contribution is 2.26. The zero-order chi connectivity index (χ0) is 26.4. The van der Waals surface area contributed by atoms with Crippen molar-refractivity contribution >= 4 is 0 Å². The molecule has 3 aromatic rings. The van der Waals surface area contributed by atoms with Gasteiger partial charge in [-0.25, -0.2) is 0 Å². The Bertz CT molecular complexity index is 1160. The van der Waals surface area contributed by atoms with Crippen LogP contribution in [0.15, 0.2) is 72.9 Å². The van der Waals surface area contributed by atoms with E-state index in [9.17, 15) is 0 Å². The second-order valence-corrected chi connectivity index (χ2v) is 5.19. The van der Waals surface area contributed by atoms with Crippen molar-refractivity contribution < 1.29 is 16.4 Å². The highest BCUT2D eigenvalue weighted by Gasteiger charge is 2.14. The van der Waals surface area contributed by atoms with Gasteiger partial charge in [-0.3, -0.25) is 4.98 Å². The Morgan fingerprint density at radius 1 is 0.957 bits per heavy atom. The molecule has 23 heavy (non-hydrogen) atoms. The average Bonchev–Trinajstić information content (AvgIpc) is 2.71. The summed E-state index contributed by atoms with van der Waals surface area (Å²) in [4.78, 5) is 4.05. The van der Waals surface area contributed by atoms with Gasteiger partial charge in [0.05, 0.1) is 7.06 Å². The van der Waals surface area contributed by atoms with Gasteiger partial charge in [-0.15, -0.1) is 0 Å². The summed E-state index contributed by atoms with van der Waals surface area (Å²) in [6, 6.07) is 16.4. The quantitative estimate of drug-likeness (QED) is 0.610. The van der Waals surface area contributed by atoms with Gasteiger partial charge in [0.25, 0.3) is 0 Å². The lowest BCUT2D eigenvalue weighted by molar-refractivity contribution is 0.589. The topological polar surface area (TPSA) is 12.9 Å². The number of hydrogen-bond donors (Lipinski definition) is 0. The summed E-state index contributed by atoms with van der Waals surface area (Å²) >= 11 is 0. The van der Waals surface area contributed by atoms with E-state index in [-0.39, 0.29) is 16.8 Å². The molecule has 2 aromatic carbocycles. The second kappa shape index (κ2) is 6.37. The fourth-order valence-corrected chi connectivity index (χ4v) is 2.20. The van der Waals surface area contributed by atoms with Crippen molar-refractivity contribution in [2.24, 2.45) is 0 Å². The molecule has 1 heterocycles. The van der Waals surface area contributed by atoms with Crippen LogP contribution in [-0.4, -0.2) is 4.98 Å². The first-order valence-corrected chi connectivity index (χ1v) is 7.08. The Hall–Kier alpha value is -2.41. The summed E-state index contributed by atoms with van der Waals surface area (Å²) in [5.41, 5.74) is -2.98. The molecule has 0 amide bonds. The lowest BCUT2D eigenvalue weighted by Crippen LogP contribution is -2.11. The second-order valence-electron chi connectivity index (χ2n) is 5.19. The highest BCUT2D eigenvalue weighted by atomic mass is 14.7. The largest absolute Gasteiger partial charge is 0.256 e. The van der Waals surface area contributed by atoms with Crippen molar-refractivity contribution in [3.8, 4) is 11.3 Å². The van der Waals surface area contributed by atoms with Crippen LogP contribution in [0.2, 0.25) is 0 Å². The Kier molecular flexibility index (Phi) is 1.83. The molecule has 1 nitrogen and oxygen atoms in total. The average molecular weight is 314 g/mol. The molecule has 0 N–H and O–H groups in total. The number of aromatic nitrogens is 1. The van der Waals surface area contributed by atoms with Crippen LogP contribution in [0, 0.1) is 0 Å². The molecular formula is C22H23N. The van der Waals surface area contributed by atoms with E-state index in [0.29, 0.717) is 5.56 Å². The molecule has 116 valence electrons. The summed E-state index contributed by atoms with van der Waals surface area (Å²) < 4.78 is 96.6. The maximum atomic E-state index is 8.58. The highest BCUT2D eigenvalue weighted by molar-refractivity contribution is 5.61. The molecule has 1 heteroatoms. The molecule has 3 rings (SSSR count). The molecular weight excluding hydrogens is 278 g/mol. The molecule has 0 saturated carbocycles. The first kappa shape index (κ1) is 6.60. The van der Waals surface area contributed by atoms with Crippen LogP contribution in [0.5, 0.6) is 0 Å². The molecule has 0 spiro atoms. The molecule has 0 aliphatic rings. The monoisotopic (exact) mass is 313 g/mol. The summed E-state index contributed by atoms with van der Waals surface area (Å²) in [5, 5.41) is 0. The van der Waals surface area contributed by atoms with Crippen molar-refractivity contribution in [3.63, 3.8) is 0 Å². The van der Waals surface area contributed by atoms with Crippen molar-refractivity contribution in [1.29, 1.82) is 0 Å². The third-order valence-electron chi connectivity index (χ3n) is 3.35. The summed E-state index contributed by atoms with van der Waals surface area (Å²) in [6.07, 6.45) is -2.42. The SMILES string of the molecule is [2H]c1cc(C(C([2H])([2H])[2H])(C([2H])([2H])[2H])C([2H])([2H])[2H])cc(-c2cccc(C([2H])([2H])c3ccccc3)c2)n1. The van der Waals surface area contributed by atoms with Crippen LogP contribution >= 0.6 is 0 Å². The van der Waals surface area contributed by atoms with Crippen LogP contribution < -0.4 is 0 Å². The van der Waals surface area contributed by atoms with Crippen LogP contribution in [0.25, 0.3) is 11.3 Å². The van der Waals surface area contributed by atoms with Gasteiger partial charge in [0.2, 0.25) is 0 Å². The Morgan fingerprint density at radius 2 is 1.74 bits per heavy atom. The minimum atomic E-state index is -3.47. The van der Waals surface area contributed by atoms with Gasteiger partial charge in [-0.1, -0.05) is 69.1 Å². The number of hydrogen-bond acceptors (Lipinski definition) is 1. The van der Waals surface area contributed by atoms with Crippen molar-refractivity contribution in [2.75, 3.05) is 0 Å². The van der Waals surface area contributed by atoms with E-state index in [1.54, 1.807) is 42.5 Å². The predicted octanol–water partition coefficient (Wildman–Crippen LogP) is 5.64. The summed E-state index contributed by atoms with van der Waals surface area (Å²) in [5.74, 6) is 0. The Balaban J connectivity index is 2.26. The van der Waals surface area contributed by atoms with Gasteiger partial charge in [-0.2, -0.15) is 0 Å². The minimum absolute atomic E-state index is 0.0414. The molecule has 0 atom stereocenters. The normalized spacial score (nSPS) is 21.4. The zero-order valence-electron chi connectivity index (χ0n) is 24.3. The number of benzene rings is 2. The van der Waals surface area contributed by atoms with Gasteiger partial charge < -0.3 is 0 Å². The van der Waals surface area contributed by atoms with E-state index >= 15 is 0 Å². The summed E-state index contributed by atoms with van der Waals surface area (Å²) in [7, 11) is 0. The summed E-state index contributed by atoms with van der Waals surface area (Å²) in [6.45, 7) is -10.4. The maximum Gasteiger partial charge on any atom is 0.0840 e. The maximum absolute atomic E-state index is 8.58. The van der Waals surface area contributed by atoms with Crippen LogP contribution in [0.1, 0.15) is 53.7 Å². The number of pyridine rings is 1. The third kappa shape index (κ3) is 3.87. The van der Waals surface area contributed by atoms with E-state index in [2.05, 4.69) is 4.98 Å². The fourth-order valence-electron chi connectivity index (χ4n) is 2.20. The van der Waals surface area contributed by atoms with Gasteiger partial charge in [0, 0.05) is 26.8 Å². The zero-order valence-corrected chi connectivity index (χ0v) is 12.3. The molecule has 0 saturated heterocycles. The molecule has 0 unspecified atom stereocenters. The first-order valence-electron chi connectivity index (χ1n) is 13.1. The third-order valence-corrected chi connectivity index (χ3v) is 3.35. The lowest BCUT2D eigenvalue weighted by atomic mass is 9.87. The van der Waals surface area contributed by atoms with E-state index in [4.69, 9.17) is 16.4 Å². The van der Waals surface area contributed by atoms with Gasteiger partial charge in [0.1, 0.15) is 0 Å². The van der Waals surface area contributed by atoms with Crippen LogP contribution in [0.4, 0.5) is 0 Å². The van der Waals surface area contributed by atoms with Crippen molar-refractivity contribution in [1.82, 2.24) is 4.98 Å². The fraction of sp³-hybridized carbons (Fsp3) is 0.227. The predicted molar refractivity (Wildman–Crippen MR) is 97.6 cm³/mol.